The first-order valence-corrected chi connectivity index (χ1v) is 10.3. The predicted octanol–water partition coefficient (Wildman–Crippen LogP) is 3.49. The van der Waals surface area contributed by atoms with Crippen LogP contribution in [-0.2, 0) is 16.1 Å². The molecule has 5 rings (SSSR count). The van der Waals surface area contributed by atoms with Crippen LogP contribution in [0.25, 0.3) is 0 Å². The van der Waals surface area contributed by atoms with E-state index in [1.54, 1.807) is 19.1 Å². The predicted molar refractivity (Wildman–Crippen MR) is 112 cm³/mol. The Morgan fingerprint density at radius 3 is 2.33 bits per heavy atom. The van der Waals surface area contributed by atoms with Gasteiger partial charge in [0.1, 0.15) is 11.6 Å². The topological polar surface area (TPSA) is 67.4 Å². The molecule has 158 valence electrons. The van der Waals surface area contributed by atoms with Crippen molar-refractivity contribution in [1.82, 2.24) is 10.6 Å². The molecular weight excluding hydrogens is 383 g/mol. The number of ether oxygens (including phenoxy) is 1. The summed E-state index contributed by atoms with van der Waals surface area (Å²) in [5.41, 5.74) is 3.38. The Morgan fingerprint density at radius 1 is 1.03 bits per heavy atom. The van der Waals surface area contributed by atoms with Crippen LogP contribution in [0.1, 0.15) is 41.5 Å². The normalized spacial score (nSPS) is 23.7. The number of aryl methyl sites for hydroxylation is 3. The first kappa shape index (κ1) is 20.4. The standard InChI is InChI=1S/C24H27FN2O3/c1-15-5-4-6-16(2)19(15)10-26-22(29)23-12-24(13-23,14-23)27-21(28)11-30-18-8-7-17(3)20(25)9-18/h4-9H,10-14H2,1-3H3,(H,26,29)(H,27,28). The van der Waals surface area contributed by atoms with Crippen LogP contribution in [0.2, 0.25) is 0 Å². The molecule has 6 heteroatoms. The summed E-state index contributed by atoms with van der Waals surface area (Å²) in [5.74, 6) is -0.220. The van der Waals surface area contributed by atoms with E-state index in [1.165, 1.54) is 17.2 Å². The minimum Gasteiger partial charge on any atom is -0.484 e. The van der Waals surface area contributed by atoms with Gasteiger partial charge >= 0.3 is 0 Å². The first-order chi connectivity index (χ1) is 14.2. The van der Waals surface area contributed by atoms with Gasteiger partial charge in [-0.1, -0.05) is 24.3 Å². The lowest BCUT2D eigenvalue weighted by Crippen LogP contribution is -2.78. The maximum absolute atomic E-state index is 13.6. The molecule has 2 N–H and O–H groups in total. The fourth-order valence-corrected chi connectivity index (χ4v) is 4.79. The maximum atomic E-state index is 13.6. The van der Waals surface area contributed by atoms with Crippen molar-refractivity contribution in [3.05, 3.63) is 64.5 Å². The average molecular weight is 410 g/mol. The summed E-state index contributed by atoms with van der Waals surface area (Å²) < 4.78 is 18.9. The van der Waals surface area contributed by atoms with Crippen LogP contribution < -0.4 is 15.4 Å². The van der Waals surface area contributed by atoms with Crippen LogP contribution in [0.4, 0.5) is 4.39 Å². The van der Waals surface area contributed by atoms with E-state index in [0.717, 1.165) is 5.56 Å². The van der Waals surface area contributed by atoms with Crippen LogP contribution in [0.5, 0.6) is 5.75 Å². The largest absolute Gasteiger partial charge is 0.484 e. The fourth-order valence-electron chi connectivity index (χ4n) is 4.79. The third-order valence-corrected chi connectivity index (χ3v) is 6.50. The summed E-state index contributed by atoms with van der Waals surface area (Å²) in [6, 6.07) is 10.6. The van der Waals surface area contributed by atoms with Gasteiger partial charge in [0, 0.05) is 18.2 Å². The van der Waals surface area contributed by atoms with E-state index >= 15 is 0 Å². The van der Waals surface area contributed by atoms with Gasteiger partial charge in [-0.3, -0.25) is 9.59 Å². The number of rotatable bonds is 7. The van der Waals surface area contributed by atoms with Gasteiger partial charge < -0.3 is 15.4 Å². The number of hydrogen-bond acceptors (Lipinski definition) is 3. The Labute approximate surface area is 176 Å². The third-order valence-electron chi connectivity index (χ3n) is 6.50. The molecule has 0 spiro atoms. The number of benzene rings is 2. The smallest absolute Gasteiger partial charge is 0.258 e. The van der Waals surface area contributed by atoms with Crippen molar-refractivity contribution in [3.8, 4) is 5.75 Å². The van der Waals surface area contributed by atoms with Crippen molar-refractivity contribution in [1.29, 1.82) is 0 Å². The number of amides is 2. The second kappa shape index (κ2) is 7.42. The lowest BCUT2D eigenvalue weighted by Gasteiger charge is -2.69. The molecule has 0 aromatic heterocycles. The molecule has 0 atom stereocenters. The highest BCUT2D eigenvalue weighted by molar-refractivity contribution is 5.89. The fraction of sp³-hybridized carbons (Fsp3) is 0.417. The van der Waals surface area contributed by atoms with Crippen molar-refractivity contribution in [2.75, 3.05) is 6.61 Å². The highest BCUT2D eigenvalue weighted by Gasteiger charge is 2.72. The summed E-state index contributed by atoms with van der Waals surface area (Å²) in [7, 11) is 0. The summed E-state index contributed by atoms with van der Waals surface area (Å²) in [4.78, 5) is 24.9. The van der Waals surface area contributed by atoms with Crippen LogP contribution in [0, 0.1) is 32.0 Å². The molecule has 2 bridgehead atoms. The number of hydrogen-bond donors (Lipinski definition) is 2. The van der Waals surface area contributed by atoms with Crippen molar-refractivity contribution in [2.45, 2.75) is 52.1 Å². The summed E-state index contributed by atoms with van der Waals surface area (Å²) in [6.45, 7) is 6.12. The molecule has 3 aliphatic carbocycles. The zero-order valence-electron chi connectivity index (χ0n) is 17.6. The molecule has 0 unspecified atom stereocenters. The van der Waals surface area contributed by atoms with E-state index in [0.29, 0.717) is 37.1 Å². The zero-order valence-corrected chi connectivity index (χ0v) is 17.6. The van der Waals surface area contributed by atoms with Crippen LogP contribution in [0.3, 0.4) is 0 Å². The number of carbonyl (C=O) groups is 2. The minimum atomic E-state index is -0.360. The molecule has 0 radical (unpaired) electrons. The number of carbonyl (C=O) groups excluding carboxylic acids is 2. The molecular formula is C24H27FN2O3. The minimum absolute atomic E-state index is 0.0626. The van der Waals surface area contributed by atoms with Gasteiger partial charge in [-0.15, -0.1) is 0 Å². The summed E-state index contributed by atoms with van der Waals surface area (Å²) in [6.07, 6.45) is 1.97. The molecule has 0 saturated heterocycles. The number of nitrogens with one attached hydrogen (secondary N) is 2. The highest BCUT2D eigenvalue weighted by atomic mass is 19.1. The Kier molecular flexibility index (Phi) is 5.04. The molecule has 3 saturated carbocycles. The van der Waals surface area contributed by atoms with Crippen molar-refractivity contribution in [3.63, 3.8) is 0 Å². The van der Waals surface area contributed by atoms with Gasteiger partial charge in [0.15, 0.2) is 6.61 Å². The quantitative estimate of drug-likeness (QED) is 0.734. The Morgan fingerprint density at radius 2 is 1.70 bits per heavy atom. The second-order valence-corrected chi connectivity index (χ2v) is 8.89. The Balaban J connectivity index is 1.23. The third kappa shape index (κ3) is 3.66. The molecule has 0 heterocycles. The monoisotopic (exact) mass is 410 g/mol. The van der Waals surface area contributed by atoms with E-state index in [-0.39, 0.29) is 35.2 Å². The van der Waals surface area contributed by atoms with E-state index in [1.807, 2.05) is 32.0 Å². The molecule has 2 aromatic carbocycles. The molecule has 0 aliphatic heterocycles. The Hall–Kier alpha value is -2.89. The SMILES string of the molecule is Cc1ccc(OCC(=O)NC23CC(C(=O)NCc4c(C)cccc4C)(C2)C3)cc1F. The average Bonchev–Trinajstić information content (AvgIpc) is 2.64. The zero-order chi connectivity index (χ0) is 21.5. The van der Waals surface area contributed by atoms with E-state index < -0.39 is 0 Å². The summed E-state index contributed by atoms with van der Waals surface area (Å²) >= 11 is 0. The van der Waals surface area contributed by atoms with Gasteiger partial charge in [-0.25, -0.2) is 4.39 Å². The van der Waals surface area contributed by atoms with E-state index in [2.05, 4.69) is 10.6 Å². The van der Waals surface area contributed by atoms with Crippen LogP contribution in [0.15, 0.2) is 36.4 Å². The van der Waals surface area contributed by atoms with Gasteiger partial charge in [-0.2, -0.15) is 0 Å². The lowest BCUT2D eigenvalue weighted by molar-refractivity contribution is -0.184. The molecule has 2 amide bonds. The van der Waals surface area contributed by atoms with Gasteiger partial charge in [0.05, 0.1) is 5.41 Å². The van der Waals surface area contributed by atoms with Crippen molar-refractivity contribution < 1.29 is 18.7 Å². The first-order valence-electron chi connectivity index (χ1n) is 10.3. The number of halogens is 1. The molecule has 3 fully saturated rings. The maximum Gasteiger partial charge on any atom is 0.258 e. The van der Waals surface area contributed by atoms with Gasteiger partial charge in [-0.05, 0) is 68.4 Å². The molecule has 2 aromatic rings. The van der Waals surface area contributed by atoms with Crippen LogP contribution in [-0.4, -0.2) is 24.0 Å². The molecule has 30 heavy (non-hydrogen) atoms. The van der Waals surface area contributed by atoms with Gasteiger partial charge in [0.25, 0.3) is 5.91 Å². The van der Waals surface area contributed by atoms with Crippen LogP contribution >= 0.6 is 0 Å². The molecule has 5 nitrogen and oxygen atoms in total. The van der Waals surface area contributed by atoms with Crippen molar-refractivity contribution in [2.24, 2.45) is 5.41 Å². The Bertz CT molecular complexity index is 977. The summed E-state index contributed by atoms with van der Waals surface area (Å²) in [5, 5.41) is 6.07. The highest BCUT2D eigenvalue weighted by Crippen LogP contribution is 2.67. The van der Waals surface area contributed by atoms with E-state index in [4.69, 9.17) is 4.74 Å². The van der Waals surface area contributed by atoms with E-state index in [9.17, 15) is 14.0 Å². The lowest BCUT2D eigenvalue weighted by atomic mass is 9.39. The van der Waals surface area contributed by atoms with Gasteiger partial charge in [0.2, 0.25) is 5.91 Å². The van der Waals surface area contributed by atoms with Crippen molar-refractivity contribution >= 4 is 11.8 Å². The molecule has 3 aliphatic rings. The second-order valence-electron chi connectivity index (χ2n) is 8.89.